The molecule has 0 atom stereocenters. The van der Waals surface area contributed by atoms with Gasteiger partial charge in [0.15, 0.2) is 5.78 Å². The van der Waals surface area contributed by atoms with Gasteiger partial charge in [0.05, 0.1) is 19.2 Å². The zero-order valence-electron chi connectivity index (χ0n) is 12.1. The van der Waals surface area contributed by atoms with Crippen LogP contribution in [0, 0.1) is 0 Å². The Balaban J connectivity index is 2.28. The second kappa shape index (κ2) is 7.34. The summed E-state index contributed by atoms with van der Waals surface area (Å²) < 4.78 is 10.4. The summed E-state index contributed by atoms with van der Waals surface area (Å²) in [4.78, 5) is 12.2. The summed E-state index contributed by atoms with van der Waals surface area (Å²) in [6.07, 6.45) is 3.10. The highest BCUT2D eigenvalue weighted by Crippen LogP contribution is 2.26. The van der Waals surface area contributed by atoms with Crippen molar-refractivity contribution >= 4 is 35.1 Å². The lowest BCUT2D eigenvalue weighted by Gasteiger charge is -2.07. The summed E-state index contributed by atoms with van der Waals surface area (Å²) in [6.45, 7) is 0. The molecule has 2 aromatic carbocycles. The molecule has 0 bridgehead atoms. The molecule has 0 aliphatic carbocycles. The molecule has 0 aromatic heterocycles. The highest BCUT2D eigenvalue weighted by molar-refractivity contribution is 6.36. The number of rotatable bonds is 5. The molecule has 0 radical (unpaired) electrons. The predicted octanol–water partition coefficient (Wildman–Crippen LogP) is 4.91. The molecule has 0 aliphatic heterocycles. The van der Waals surface area contributed by atoms with Crippen molar-refractivity contribution in [1.82, 2.24) is 0 Å². The molecule has 0 unspecified atom stereocenters. The second-order valence-electron chi connectivity index (χ2n) is 4.43. The van der Waals surface area contributed by atoms with E-state index in [-0.39, 0.29) is 5.78 Å². The molecule has 0 spiro atoms. The molecule has 0 amide bonds. The fourth-order valence-electron chi connectivity index (χ4n) is 1.90. The van der Waals surface area contributed by atoms with Crippen LogP contribution < -0.4 is 9.47 Å². The molecule has 0 saturated carbocycles. The predicted molar refractivity (Wildman–Crippen MR) is 89.4 cm³/mol. The van der Waals surface area contributed by atoms with E-state index in [1.807, 2.05) is 0 Å². The van der Waals surface area contributed by atoms with E-state index in [1.165, 1.54) is 6.08 Å². The van der Waals surface area contributed by atoms with E-state index in [0.717, 1.165) is 5.56 Å². The van der Waals surface area contributed by atoms with Crippen LogP contribution in [0.1, 0.15) is 15.9 Å². The molecule has 0 heterocycles. The molecule has 0 N–H and O–H groups in total. The van der Waals surface area contributed by atoms with Crippen LogP contribution in [0.5, 0.6) is 11.5 Å². The number of halogens is 2. The lowest BCUT2D eigenvalue weighted by molar-refractivity contribution is 0.104. The minimum Gasteiger partial charge on any atom is -0.497 e. The number of allylic oxidation sites excluding steroid dienone is 1. The van der Waals surface area contributed by atoms with Gasteiger partial charge in [-0.2, -0.15) is 0 Å². The van der Waals surface area contributed by atoms with Crippen LogP contribution in [0.25, 0.3) is 6.08 Å². The molecular formula is C17H14Cl2O3. The van der Waals surface area contributed by atoms with E-state index >= 15 is 0 Å². The molecule has 114 valence electrons. The maximum Gasteiger partial charge on any atom is 0.187 e. The largest absolute Gasteiger partial charge is 0.497 e. The van der Waals surface area contributed by atoms with E-state index in [9.17, 15) is 4.79 Å². The Hall–Kier alpha value is -1.97. The summed E-state index contributed by atoms with van der Waals surface area (Å²) in [7, 11) is 3.14. The Morgan fingerprint density at radius 1 is 1.05 bits per heavy atom. The molecule has 22 heavy (non-hydrogen) atoms. The zero-order valence-corrected chi connectivity index (χ0v) is 13.6. The quantitative estimate of drug-likeness (QED) is 0.575. The van der Waals surface area contributed by atoms with Crippen molar-refractivity contribution in [3.8, 4) is 11.5 Å². The topological polar surface area (TPSA) is 35.5 Å². The minimum atomic E-state index is -0.231. The fraction of sp³-hybridized carbons (Fsp3) is 0.118. The lowest BCUT2D eigenvalue weighted by atomic mass is 10.1. The molecule has 5 heteroatoms. The van der Waals surface area contributed by atoms with Gasteiger partial charge >= 0.3 is 0 Å². The summed E-state index contributed by atoms with van der Waals surface area (Å²) in [5, 5.41) is 0.823. The van der Waals surface area contributed by atoms with E-state index < -0.39 is 0 Å². The summed E-state index contributed by atoms with van der Waals surface area (Å²) >= 11 is 11.9. The molecular weight excluding hydrogens is 323 g/mol. The van der Waals surface area contributed by atoms with Crippen LogP contribution in [0.3, 0.4) is 0 Å². The van der Waals surface area contributed by atoms with Gasteiger partial charge in [0.2, 0.25) is 0 Å². The Kier molecular flexibility index (Phi) is 5.47. The third kappa shape index (κ3) is 3.81. The van der Waals surface area contributed by atoms with Gasteiger partial charge in [-0.3, -0.25) is 4.79 Å². The van der Waals surface area contributed by atoms with Crippen molar-refractivity contribution in [2.45, 2.75) is 0 Å². The first-order chi connectivity index (χ1) is 10.5. The molecule has 2 aromatic rings. The average molecular weight is 337 g/mol. The van der Waals surface area contributed by atoms with Gasteiger partial charge in [0.25, 0.3) is 0 Å². The van der Waals surface area contributed by atoms with Crippen LogP contribution in [0.15, 0.2) is 42.5 Å². The first-order valence-corrected chi connectivity index (χ1v) is 7.20. The third-order valence-electron chi connectivity index (χ3n) is 3.05. The number of carbonyl (C=O) groups is 1. The standard InChI is InChI=1S/C17H14Cl2O3/c1-21-13-6-3-11(17(10-13)22-2)4-8-16(20)14-9-12(18)5-7-15(14)19/h3-10H,1-2H3. The number of hydrogen-bond acceptors (Lipinski definition) is 3. The van der Waals surface area contributed by atoms with E-state index in [1.54, 1.807) is 56.7 Å². The number of ketones is 1. The molecule has 3 nitrogen and oxygen atoms in total. The van der Waals surface area contributed by atoms with Gasteiger partial charge in [-0.15, -0.1) is 0 Å². The van der Waals surface area contributed by atoms with Gasteiger partial charge in [-0.1, -0.05) is 23.2 Å². The minimum absolute atomic E-state index is 0.231. The highest BCUT2D eigenvalue weighted by Gasteiger charge is 2.09. The monoisotopic (exact) mass is 336 g/mol. The summed E-state index contributed by atoms with van der Waals surface area (Å²) in [5.74, 6) is 1.06. The van der Waals surface area contributed by atoms with Crippen molar-refractivity contribution in [1.29, 1.82) is 0 Å². The number of methoxy groups -OCH3 is 2. The molecule has 0 fully saturated rings. The van der Waals surface area contributed by atoms with Crippen molar-refractivity contribution < 1.29 is 14.3 Å². The van der Waals surface area contributed by atoms with Gasteiger partial charge in [-0.25, -0.2) is 0 Å². The number of ether oxygens (including phenoxy) is 2. The van der Waals surface area contributed by atoms with Crippen LogP contribution in [-0.2, 0) is 0 Å². The Morgan fingerprint density at radius 3 is 2.50 bits per heavy atom. The normalized spacial score (nSPS) is 10.7. The maximum absolute atomic E-state index is 12.2. The van der Waals surface area contributed by atoms with Gasteiger partial charge in [0, 0.05) is 22.2 Å². The van der Waals surface area contributed by atoms with Crippen molar-refractivity contribution in [2.75, 3.05) is 14.2 Å². The van der Waals surface area contributed by atoms with Crippen molar-refractivity contribution in [3.05, 3.63) is 63.6 Å². The van der Waals surface area contributed by atoms with Crippen molar-refractivity contribution in [2.24, 2.45) is 0 Å². The third-order valence-corrected chi connectivity index (χ3v) is 3.61. The Labute approximate surface area is 139 Å². The molecule has 2 rings (SSSR count). The first kappa shape index (κ1) is 16.4. The highest BCUT2D eigenvalue weighted by atomic mass is 35.5. The van der Waals surface area contributed by atoms with E-state index in [2.05, 4.69) is 0 Å². The fourth-order valence-corrected chi connectivity index (χ4v) is 2.28. The maximum atomic E-state index is 12.2. The summed E-state index contributed by atoms with van der Waals surface area (Å²) in [5.41, 5.74) is 1.12. The lowest BCUT2D eigenvalue weighted by Crippen LogP contribution is -1.96. The van der Waals surface area contributed by atoms with E-state index in [0.29, 0.717) is 27.1 Å². The summed E-state index contributed by atoms with van der Waals surface area (Å²) in [6, 6.07) is 10.1. The number of carbonyl (C=O) groups excluding carboxylic acids is 1. The second-order valence-corrected chi connectivity index (χ2v) is 5.27. The smallest absolute Gasteiger partial charge is 0.187 e. The SMILES string of the molecule is COc1ccc(C=CC(=O)c2cc(Cl)ccc2Cl)c(OC)c1. The Morgan fingerprint density at radius 2 is 1.82 bits per heavy atom. The van der Waals surface area contributed by atoms with Crippen LogP contribution in [0.4, 0.5) is 0 Å². The van der Waals surface area contributed by atoms with Crippen LogP contribution in [0.2, 0.25) is 10.0 Å². The molecule has 0 aliphatic rings. The van der Waals surface area contributed by atoms with Gasteiger partial charge in [-0.05, 0) is 42.5 Å². The first-order valence-electron chi connectivity index (χ1n) is 6.44. The average Bonchev–Trinajstić information content (AvgIpc) is 2.54. The van der Waals surface area contributed by atoms with Gasteiger partial charge in [0.1, 0.15) is 11.5 Å². The van der Waals surface area contributed by atoms with E-state index in [4.69, 9.17) is 32.7 Å². The Bertz CT molecular complexity index is 724. The zero-order chi connectivity index (χ0) is 16.1. The number of hydrogen-bond donors (Lipinski definition) is 0. The van der Waals surface area contributed by atoms with Crippen molar-refractivity contribution in [3.63, 3.8) is 0 Å². The van der Waals surface area contributed by atoms with Gasteiger partial charge < -0.3 is 9.47 Å². The van der Waals surface area contributed by atoms with Crippen LogP contribution >= 0.6 is 23.2 Å². The van der Waals surface area contributed by atoms with Crippen LogP contribution in [-0.4, -0.2) is 20.0 Å². The number of benzene rings is 2. The molecule has 0 saturated heterocycles.